The third-order valence-corrected chi connectivity index (χ3v) is 5.98. The first-order valence-corrected chi connectivity index (χ1v) is 10.3. The van der Waals surface area contributed by atoms with Gasteiger partial charge in [-0.25, -0.2) is 0 Å². The third-order valence-electron chi connectivity index (χ3n) is 5.98. The van der Waals surface area contributed by atoms with Crippen LogP contribution >= 0.6 is 0 Å². The Balaban J connectivity index is 1.47. The topological polar surface area (TPSA) is 38.8 Å². The first-order valence-electron chi connectivity index (χ1n) is 10.3. The number of carbonyl (C=O) groups is 1. The summed E-state index contributed by atoms with van der Waals surface area (Å²) >= 11 is 0. The van der Waals surface area contributed by atoms with Crippen molar-refractivity contribution >= 4 is 5.91 Å². The maximum atomic E-state index is 13.3. The second-order valence-corrected chi connectivity index (χ2v) is 8.10. The van der Waals surface area contributed by atoms with Crippen molar-refractivity contribution in [2.75, 3.05) is 13.2 Å². The van der Waals surface area contributed by atoms with Gasteiger partial charge in [0.15, 0.2) is 5.79 Å². The highest BCUT2D eigenvalue weighted by Crippen LogP contribution is 2.35. The normalized spacial score (nSPS) is 24.0. The Labute approximate surface area is 167 Å². The zero-order valence-corrected chi connectivity index (χ0v) is 16.5. The number of carbonyl (C=O) groups excluding carboxylic acids is 1. The van der Waals surface area contributed by atoms with Crippen molar-refractivity contribution < 1.29 is 14.3 Å². The fourth-order valence-corrected chi connectivity index (χ4v) is 4.42. The molecule has 2 aliphatic heterocycles. The van der Waals surface area contributed by atoms with Crippen LogP contribution in [0.1, 0.15) is 37.3 Å². The Hall–Kier alpha value is -2.17. The molecule has 0 bridgehead atoms. The molecule has 2 aromatic rings. The highest BCUT2D eigenvalue weighted by Gasteiger charge is 2.41. The summed E-state index contributed by atoms with van der Waals surface area (Å²) in [6.45, 7) is 3.96. The number of benzene rings is 2. The van der Waals surface area contributed by atoms with Gasteiger partial charge in [0.05, 0.1) is 13.2 Å². The molecule has 2 heterocycles. The summed E-state index contributed by atoms with van der Waals surface area (Å²) in [4.78, 5) is 15.4. The van der Waals surface area contributed by atoms with Crippen molar-refractivity contribution in [3.05, 3.63) is 71.8 Å². The summed E-state index contributed by atoms with van der Waals surface area (Å²) < 4.78 is 11.5. The molecule has 0 aromatic heterocycles. The molecule has 0 unspecified atom stereocenters. The molecule has 2 aromatic carbocycles. The Morgan fingerprint density at radius 3 is 2.21 bits per heavy atom. The standard InChI is InChI=1S/C24H29NO3/c1-24(27-14-15-28-24)13-12-21-17-22(16-19-8-4-2-5-9-19)25(23(21)26)18-20-10-6-3-7-11-20/h2-11,21-22H,12-18H2,1H3/t21-,22+/m0/s1. The Bertz CT molecular complexity index is 771. The number of rotatable bonds is 7. The largest absolute Gasteiger partial charge is 0.348 e. The Kier molecular flexibility index (Phi) is 5.79. The lowest BCUT2D eigenvalue weighted by Crippen LogP contribution is -2.35. The maximum absolute atomic E-state index is 13.3. The molecule has 0 spiro atoms. The van der Waals surface area contributed by atoms with Crippen LogP contribution in [0.2, 0.25) is 0 Å². The van der Waals surface area contributed by atoms with Gasteiger partial charge in [0, 0.05) is 24.9 Å². The Morgan fingerprint density at radius 1 is 0.964 bits per heavy atom. The molecule has 2 aliphatic rings. The SMILES string of the molecule is CC1(CC[C@H]2C[C@@H](Cc3ccccc3)N(Cc3ccccc3)C2=O)OCCO1. The van der Waals surface area contributed by atoms with Gasteiger partial charge in [-0.3, -0.25) is 4.79 Å². The van der Waals surface area contributed by atoms with Crippen LogP contribution in [0.3, 0.4) is 0 Å². The third kappa shape index (κ3) is 4.45. The number of hydrogen-bond acceptors (Lipinski definition) is 3. The average molecular weight is 380 g/mol. The fraction of sp³-hybridized carbons (Fsp3) is 0.458. The minimum atomic E-state index is -0.526. The number of nitrogens with zero attached hydrogens (tertiary/aromatic N) is 1. The van der Waals surface area contributed by atoms with Gasteiger partial charge in [-0.2, -0.15) is 0 Å². The lowest BCUT2D eigenvalue weighted by Gasteiger charge is -2.25. The van der Waals surface area contributed by atoms with Crippen molar-refractivity contribution in [2.45, 2.75) is 51.0 Å². The summed E-state index contributed by atoms with van der Waals surface area (Å²) in [7, 11) is 0. The van der Waals surface area contributed by atoms with Crippen LogP contribution in [0.15, 0.2) is 60.7 Å². The molecule has 4 rings (SSSR count). The zero-order chi connectivity index (χ0) is 19.4. The fourth-order valence-electron chi connectivity index (χ4n) is 4.42. The molecule has 0 aliphatic carbocycles. The van der Waals surface area contributed by atoms with Crippen LogP contribution in [0, 0.1) is 5.92 Å². The molecule has 0 N–H and O–H groups in total. The van der Waals surface area contributed by atoms with Gasteiger partial charge in [0.2, 0.25) is 5.91 Å². The van der Waals surface area contributed by atoms with Gasteiger partial charge in [-0.15, -0.1) is 0 Å². The van der Waals surface area contributed by atoms with E-state index in [1.165, 1.54) is 11.1 Å². The predicted molar refractivity (Wildman–Crippen MR) is 109 cm³/mol. The number of likely N-dealkylation sites (tertiary alicyclic amines) is 1. The molecule has 0 saturated carbocycles. The van der Waals surface area contributed by atoms with Crippen LogP contribution in [0.4, 0.5) is 0 Å². The molecular weight excluding hydrogens is 350 g/mol. The second-order valence-electron chi connectivity index (χ2n) is 8.10. The zero-order valence-electron chi connectivity index (χ0n) is 16.5. The average Bonchev–Trinajstić information content (AvgIpc) is 3.27. The highest BCUT2D eigenvalue weighted by molar-refractivity contribution is 5.81. The molecule has 2 atom stereocenters. The molecule has 0 radical (unpaired) electrons. The van der Waals surface area contributed by atoms with E-state index >= 15 is 0 Å². The van der Waals surface area contributed by atoms with Crippen molar-refractivity contribution in [3.63, 3.8) is 0 Å². The maximum Gasteiger partial charge on any atom is 0.226 e. The minimum Gasteiger partial charge on any atom is -0.348 e. The molecule has 2 saturated heterocycles. The summed E-state index contributed by atoms with van der Waals surface area (Å²) in [5.74, 6) is -0.212. The molecule has 4 heteroatoms. The van der Waals surface area contributed by atoms with E-state index in [0.717, 1.165) is 25.7 Å². The summed E-state index contributed by atoms with van der Waals surface area (Å²) in [6, 6.07) is 21.0. The van der Waals surface area contributed by atoms with Crippen molar-refractivity contribution in [1.82, 2.24) is 4.90 Å². The van der Waals surface area contributed by atoms with E-state index in [1.807, 2.05) is 31.2 Å². The van der Waals surface area contributed by atoms with Crippen molar-refractivity contribution in [2.24, 2.45) is 5.92 Å². The van der Waals surface area contributed by atoms with Crippen molar-refractivity contribution in [3.8, 4) is 0 Å². The molecule has 1 amide bonds. The van der Waals surface area contributed by atoms with E-state index < -0.39 is 5.79 Å². The minimum absolute atomic E-state index is 0.0436. The second kappa shape index (κ2) is 8.46. The van der Waals surface area contributed by atoms with Crippen molar-refractivity contribution in [1.29, 1.82) is 0 Å². The van der Waals surface area contributed by atoms with E-state index in [1.54, 1.807) is 0 Å². The van der Waals surface area contributed by atoms with Gasteiger partial charge in [-0.1, -0.05) is 60.7 Å². The highest BCUT2D eigenvalue weighted by atomic mass is 16.7. The van der Waals surface area contributed by atoms with Gasteiger partial charge in [0.1, 0.15) is 0 Å². The van der Waals surface area contributed by atoms with Gasteiger partial charge >= 0.3 is 0 Å². The number of amides is 1. The van der Waals surface area contributed by atoms with Gasteiger partial charge < -0.3 is 14.4 Å². The number of hydrogen-bond donors (Lipinski definition) is 0. The van der Waals surface area contributed by atoms with Gasteiger partial charge in [-0.05, 0) is 37.3 Å². The number of ether oxygens (including phenoxy) is 2. The van der Waals surface area contributed by atoms with E-state index in [9.17, 15) is 4.79 Å². The molecule has 2 fully saturated rings. The van der Waals surface area contributed by atoms with E-state index in [4.69, 9.17) is 9.47 Å². The van der Waals surface area contributed by atoms with Crippen LogP contribution in [0.25, 0.3) is 0 Å². The molecule has 148 valence electrons. The van der Waals surface area contributed by atoms with Crippen LogP contribution in [-0.4, -0.2) is 35.8 Å². The summed E-state index contributed by atoms with van der Waals surface area (Å²) in [5, 5.41) is 0. The smallest absolute Gasteiger partial charge is 0.226 e. The van der Waals surface area contributed by atoms with E-state index in [-0.39, 0.29) is 17.9 Å². The van der Waals surface area contributed by atoms with E-state index in [2.05, 4.69) is 41.3 Å². The lowest BCUT2D eigenvalue weighted by atomic mass is 9.94. The monoisotopic (exact) mass is 379 g/mol. The molecule has 28 heavy (non-hydrogen) atoms. The molecular formula is C24H29NO3. The quantitative estimate of drug-likeness (QED) is 0.724. The summed E-state index contributed by atoms with van der Waals surface area (Å²) in [6.07, 6.45) is 3.38. The van der Waals surface area contributed by atoms with Crippen LogP contribution < -0.4 is 0 Å². The predicted octanol–water partition coefficient (Wildman–Crippen LogP) is 4.19. The first kappa shape index (κ1) is 19.2. The lowest BCUT2D eigenvalue weighted by molar-refractivity contribution is -0.151. The molecule has 4 nitrogen and oxygen atoms in total. The van der Waals surface area contributed by atoms with Gasteiger partial charge in [0.25, 0.3) is 0 Å². The van der Waals surface area contributed by atoms with E-state index in [0.29, 0.717) is 19.8 Å². The Morgan fingerprint density at radius 2 is 1.57 bits per heavy atom. The first-order chi connectivity index (χ1) is 13.6. The van der Waals surface area contributed by atoms with Crippen LogP contribution in [0.5, 0.6) is 0 Å². The summed E-state index contributed by atoms with van der Waals surface area (Å²) in [5.41, 5.74) is 2.47. The van der Waals surface area contributed by atoms with Crippen LogP contribution in [-0.2, 0) is 27.2 Å².